The van der Waals surface area contributed by atoms with Gasteiger partial charge in [-0.25, -0.2) is 0 Å². The van der Waals surface area contributed by atoms with Crippen molar-refractivity contribution in [1.29, 1.82) is 0 Å². The molecule has 2 nitrogen and oxygen atoms in total. The van der Waals surface area contributed by atoms with Crippen molar-refractivity contribution in [3.63, 3.8) is 0 Å². The van der Waals surface area contributed by atoms with Crippen LogP contribution >= 0.6 is 22.7 Å². The highest BCUT2D eigenvalue weighted by molar-refractivity contribution is 7.25. The molecular formula is C56H38N2S2. The van der Waals surface area contributed by atoms with Crippen LogP contribution in [-0.4, -0.2) is 0 Å². The molecule has 0 saturated heterocycles. The molecule has 0 radical (unpaired) electrons. The van der Waals surface area contributed by atoms with Gasteiger partial charge < -0.3 is 9.80 Å². The third kappa shape index (κ3) is 6.53. The van der Waals surface area contributed by atoms with Gasteiger partial charge >= 0.3 is 0 Å². The average Bonchev–Trinajstić information content (AvgIpc) is 4.03. The van der Waals surface area contributed by atoms with Crippen LogP contribution in [0, 0.1) is 0 Å². The van der Waals surface area contributed by atoms with Crippen LogP contribution < -0.4 is 9.80 Å². The molecule has 0 aliphatic heterocycles. The Labute approximate surface area is 358 Å². The van der Waals surface area contributed by atoms with Crippen molar-refractivity contribution < 1.29 is 0 Å². The second-order valence-electron chi connectivity index (χ2n) is 14.9. The van der Waals surface area contributed by atoms with Gasteiger partial charge in [0, 0.05) is 63.8 Å². The molecule has 0 fully saturated rings. The van der Waals surface area contributed by atoms with Crippen LogP contribution in [0.1, 0.15) is 0 Å². The van der Waals surface area contributed by atoms with Crippen molar-refractivity contribution in [3.05, 3.63) is 231 Å². The zero-order valence-corrected chi connectivity index (χ0v) is 34.3. The molecule has 0 spiro atoms. The Hall–Kier alpha value is -7.24. The maximum Gasteiger partial charge on any atom is 0.0620 e. The van der Waals surface area contributed by atoms with Crippen molar-refractivity contribution in [2.45, 2.75) is 0 Å². The van der Waals surface area contributed by atoms with Crippen LogP contribution in [0.5, 0.6) is 0 Å². The first-order chi connectivity index (χ1) is 29.8. The lowest BCUT2D eigenvalue weighted by molar-refractivity contribution is 1.29. The Morgan fingerprint density at radius 1 is 0.250 bits per heavy atom. The number of para-hydroxylation sites is 4. The third-order valence-corrected chi connectivity index (χ3v) is 13.7. The van der Waals surface area contributed by atoms with Crippen molar-refractivity contribution in [2.75, 3.05) is 9.80 Å². The quantitative estimate of drug-likeness (QED) is 0.106. The molecule has 9 aromatic carbocycles. The molecule has 2 heterocycles. The Bertz CT molecular complexity index is 3180. The monoisotopic (exact) mass is 802 g/mol. The molecule has 0 atom stereocenters. The van der Waals surface area contributed by atoms with Gasteiger partial charge in [0.2, 0.25) is 0 Å². The zero-order chi connectivity index (χ0) is 39.8. The lowest BCUT2D eigenvalue weighted by Crippen LogP contribution is -2.14. The van der Waals surface area contributed by atoms with E-state index in [0.717, 1.165) is 34.1 Å². The number of benzene rings is 9. The molecule has 284 valence electrons. The molecule has 60 heavy (non-hydrogen) atoms. The molecule has 0 unspecified atom stereocenters. The fraction of sp³-hybridized carbons (Fsp3) is 0. The van der Waals surface area contributed by atoms with Crippen molar-refractivity contribution in [3.8, 4) is 30.6 Å². The predicted molar refractivity (Wildman–Crippen MR) is 260 cm³/mol. The number of hydrogen-bond donors (Lipinski definition) is 0. The van der Waals surface area contributed by atoms with E-state index in [1.807, 2.05) is 22.7 Å². The second-order valence-corrected chi connectivity index (χ2v) is 17.1. The summed E-state index contributed by atoms with van der Waals surface area (Å²) in [5, 5.41) is 7.23. The van der Waals surface area contributed by atoms with Gasteiger partial charge in [-0.1, -0.05) is 146 Å². The number of thiophene rings is 2. The number of anilines is 6. The maximum atomic E-state index is 2.44. The Balaban J connectivity index is 1.13. The van der Waals surface area contributed by atoms with Crippen LogP contribution in [0.2, 0.25) is 0 Å². The smallest absolute Gasteiger partial charge is 0.0620 e. The van der Waals surface area contributed by atoms with Gasteiger partial charge in [0.1, 0.15) is 0 Å². The van der Waals surface area contributed by atoms with Gasteiger partial charge in [-0.15, -0.1) is 22.7 Å². The zero-order valence-electron chi connectivity index (χ0n) is 32.7. The fourth-order valence-corrected chi connectivity index (χ4v) is 10.6. The van der Waals surface area contributed by atoms with Gasteiger partial charge in [-0.05, 0) is 107 Å². The summed E-state index contributed by atoms with van der Waals surface area (Å²) >= 11 is 3.72. The van der Waals surface area contributed by atoms with Gasteiger partial charge in [-0.2, -0.15) is 0 Å². The molecule has 0 N–H and O–H groups in total. The molecule has 0 saturated carbocycles. The summed E-state index contributed by atoms with van der Waals surface area (Å²) in [5.41, 5.74) is 9.19. The van der Waals surface area contributed by atoms with E-state index in [9.17, 15) is 0 Å². The third-order valence-electron chi connectivity index (χ3n) is 11.2. The van der Waals surface area contributed by atoms with Crippen molar-refractivity contribution >= 4 is 89.1 Å². The van der Waals surface area contributed by atoms with Crippen LogP contribution in [0.25, 0.3) is 63.0 Å². The van der Waals surface area contributed by atoms with E-state index >= 15 is 0 Å². The minimum Gasteiger partial charge on any atom is -0.309 e. The standard InChI is InChI=1S/C56H38N2S2/c1-5-19-43(20-6-1)57(44-21-7-2-8-22-44)55-47-27-15-16-28-48(47)56(58(45-23-9-3-10-24-45)46-25-11-4-12-26-46)50-38-42(31-32-49(50)55)52-34-36-54(60-52)53-35-33-51(59-53)41-30-29-39-17-13-14-18-40(39)37-41/h1-38H. The van der Waals surface area contributed by atoms with Gasteiger partial charge in [-0.3, -0.25) is 0 Å². The van der Waals surface area contributed by atoms with E-state index in [0.29, 0.717) is 0 Å². The maximum absolute atomic E-state index is 2.44. The lowest BCUT2D eigenvalue weighted by atomic mass is 9.94. The predicted octanol–water partition coefficient (Wildman–Crippen LogP) is 17.2. The molecule has 0 amide bonds. The summed E-state index contributed by atoms with van der Waals surface area (Å²) in [6.45, 7) is 0. The average molecular weight is 803 g/mol. The fourth-order valence-electron chi connectivity index (χ4n) is 8.48. The van der Waals surface area contributed by atoms with Crippen molar-refractivity contribution in [2.24, 2.45) is 0 Å². The molecule has 2 aromatic heterocycles. The molecule has 0 bridgehead atoms. The number of fused-ring (bicyclic) bond motifs is 3. The summed E-state index contributed by atoms with van der Waals surface area (Å²) in [7, 11) is 0. The highest BCUT2D eigenvalue weighted by Gasteiger charge is 2.26. The molecular weight excluding hydrogens is 765 g/mol. The largest absolute Gasteiger partial charge is 0.309 e. The molecule has 4 heteroatoms. The first kappa shape index (κ1) is 35.9. The Kier molecular flexibility index (Phi) is 9.27. The number of hydrogen-bond acceptors (Lipinski definition) is 4. The SMILES string of the molecule is c1ccc(N(c2ccccc2)c2c3ccccc3c(N(c3ccccc3)c3ccccc3)c3cc(-c4ccc(-c5ccc(-c6ccc7ccccc7c6)s5)s4)ccc23)cc1. The van der Waals surface area contributed by atoms with Crippen LogP contribution in [0.3, 0.4) is 0 Å². The summed E-state index contributed by atoms with van der Waals surface area (Å²) in [4.78, 5) is 9.94. The first-order valence-electron chi connectivity index (χ1n) is 20.3. The van der Waals surface area contributed by atoms with E-state index in [1.54, 1.807) is 0 Å². The first-order valence-corrected chi connectivity index (χ1v) is 21.9. The topological polar surface area (TPSA) is 6.48 Å². The summed E-state index contributed by atoms with van der Waals surface area (Å²) in [6.07, 6.45) is 0. The van der Waals surface area contributed by atoms with Gasteiger partial charge in [0.25, 0.3) is 0 Å². The second kappa shape index (κ2) is 15.5. The summed E-state index contributed by atoms with van der Waals surface area (Å²) in [5.74, 6) is 0. The lowest BCUT2D eigenvalue weighted by Gasteiger charge is -2.33. The minimum atomic E-state index is 1.11. The van der Waals surface area contributed by atoms with E-state index in [4.69, 9.17) is 0 Å². The van der Waals surface area contributed by atoms with Crippen molar-refractivity contribution in [1.82, 2.24) is 0 Å². The summed E-state index contributed by atoms with van der Waals surface area (Å²) in [6, 6.07) is 83.6. The summed E-state index contributed by atoms with van der Waals surface area (Å²) < 4.78 is 0. The minimum absolute atomic E-state index is 1.11. The highest BCUT2D eigenvalue weighted by atomic mass is 32.1. The van der Waals surface area contributed by atoms with Gasteiger partial charge in [0.15, 0.2) is 0 Å². The van der Waals surface area contributed by atoms with Crippen LogP contribution in [0.15, 0.2) is 231 Å². The normalized spacial score (nSPS) is 11.3. The molecule has 11 rings (SSSR count). The Morgan fingerprint density at radius 2 is 0.617 bits per heavy atom. The molecule has 0 aliphatic carbocycles. The number of rotatable bonds is 9. The van der Waals surface area contributed by atoms with E-state index in [-0.39, 0.29) is 0 Å². The molecule has 11 aromatic rings. The Morgan fingerprint density at radius 3 is 1.12 bits per heavy atom. The van der Waals surface area contributed by atoms with Crippen LogP contribution in [0.4, 0.5) is 34.1 Å². The van der Waals surface area contributed by atoms with Crippen LogP contribution in [-0.2, 0) is 0 Å². The molecule has 0 aliphatic rings. The van der Waals surface area contributed by atoms with E-state index < -0.39 is 0 Å². The number of nitrogens with zero attached hydrogens (tertiary/aromatic N) is 2. The highest BCUT2D eigenvalue weighted by Crippen LogP contribution is 2.52. The van der Waals surface area contributed by atoms with E-state index in [2.05, 4.69) is 240 Å². The van der Waals surface area contributed by atoms with E-state index in [1.165, 1.54) is 63.0 Å². The van der Waals surface area contributed by atoms with Gasteiger partial charge in [0.05, 0.1) is 11.4 Å².